The molecule has 1 aliphatic carbocycles. The summed E-state index contributed by atoms with van der Waals surface area (Å²) in [6.45, 7) is 3.12. The van der Waals surface area contributed by atoms with Gasteiger partial charge in [0.25, 0.3) is 0 Å². The lowest BCUT2D eigenvalue weighted by Gasteiger charge is -2.18. The van der Waals surface area contributed by atoms with Crippen molar-refractivity contribution in [2.75, 3.05) is 0 Å². The normalized spacial score (nSPS) is 16.5. The molecule has 0 radical (unpaired) electrons. The smallest absolute Gasteiger partial charge is 0.0951 e. The third-order valence-corrected chi connectivity index (χ3v) is 3.83. The summed E-state index contributed by atoms with van der Waals surface area (Å²) in [5.41, 5.74) is 2.67. The molecule has 1 fully saturated rings. The highest BCUT2D eigenvalue weighted by molar-refractivity contribution is 5.19. The van der Waals surface area contributed by atoms with Crippen LogP contribution >= 0.6 is 0 Å². The monoisotopic (exact) mass is 255 g/mol. The zero-order valence-electron chi connectivity index (χ0n) is 11.4. The van der Waals surface area contributed by atoms with Crippen LogP contribution < -0.4 is 5.32 Å². The van der Waals surface area contributed by atoms with Crippen molar-refractivity contribution >= 4 is 0 Å². The first kappa shape index (κ1) is 12.4. The first-order valence-corrected chi connectivity index (χ1v) is 7.17. The number of nitrogens with zero attached hydrogens (tertiary/aromatic N) is 2. The van der Waals surface area contributed by atoms with E-state index < -0.39 is 0 Å². The second-order valence-electron chi connectivity index (χ2n) is 5.28. The van der Waals surface area contributed by atoms with Gasteiger partial charge < -0.3 is 9.88 Å². The van der Waals surface area contributed by atoms with E-state index in [-0.39, 0.29) is 0 Å². The summed E-state index contributed by atoms with van der Waals surface area (Å²) < 4.78 is 2.32. The molecule has 0 spiro atoms. The molecule has 1 aromatic carbocycles. The van der Waals surface area contributed by atoms with Gasteiger partial charge in [0.05, 0.1) is 12.0 Å². The molecule has 100 valence electrons. The summed E-state index contributed by atoms with van der Waals surface area (Å²) in [5.74, 6) is 0. The minimum atomic E-state index is 0.420. The first-order valence-electron chi connectivity index (χ1n) is 7.17. The van der Waals surface area contributed by atoms with Crippen LogP contribution in [0.1, 0.15) is 49.5 Å². The topological polar surface area (TPSA) is 29.9 Å². The molecule has 3 nitrogen and oxygen atoms in total. The van der Waals surface area contributed by atoms with E-state index >= 15 is 0 Å². The molecule has 1 heterocycles. The maximum absolute atomic E-state index is 4.28. The van der Waals surface area contributed by atoms with Crippen molar-refractivity contribution in [2.45, 2.75) is 44.8 Å². The minimum Gasteiger partial charge on any atom is -0.330 e. The van der Waals surface area contributed by atoms with Crippen molar-refractivity contribution in [2.24, 2.45) is 0 Å². The molecule has 2 aromatic rings. The van der Waals surface area contributed by atoms with Crippen LogP contribution in [0.2, 0.25) is 0 Å². The van der Waals surface area contributed by atoms with E-state index in [2.05, 4.69) is 52.1 Å². The summed E-state index contributed by atoms with van der Waals surface area (Å²) in [5, 5.41) is 3.65. The van der Waals surface area contributed by atoms with Crippen LogP contribution in [0.15, 0.2) is 42.9 Å². The van der Waals surface area contributed by atoms with E-state index in [1.807, 2.05) is 12.5 Å². The fraction of sp³-hybridized carbons (Fsp3) is 0.438. The van der Waals surface area contributed by atoms with Crippen molar-refractivity contribution in [1.82, 2.24) is 14.9 Å². The maximum atomic E-state index is 4.28. The highest BCUT2D eigenvalue weighted by Gasteiger charge is 2.25. The summed E-state index contributed by atoms with van der Waals surface area (Å²) in [7, 11) is 0. The predicted octanol–water partition coefficient (Wildman–Crippen LogP) is 3.46. The average molecular weight is 255 g/mol. The Bertz CT molecular complexity index is 514. The standard InChI is InChI=1S/C16H21N3/c1-2-16(13-6-4-3-5-7-13)18-11-15-10-17-12-19(15)14-8-9-14/h3-7,10,12,14,16,18H,2,8-9,11H2,1H3. The molecular weight excluding hydrogens is 234 g/mol. The molecule has 0 amide bonds. The van der Waals surface area contributed by atoms with E-state index in [9.17, 15) is 0 Å². The second-order valence-corrected chi connectivity index (χ2v) is 5.28. The molecule has 1 aliphatic rings. The fourth-order valence-electron chi connectivity index (χ4n) is 2.56. The van der Waals surface area contributed by atoms with E-state index in [0.29, 0.717) is 12.1 Å². The number of hydrogen-bond acceptors (Lipinski definition) is 2. The molecule has 0 saturated heterocycles. The van der Waals surface area contributed by atoms with E-state index in [0.717, 1.165) is 13.0 Å². The Kier molecular flexibility index (Phi) is 3.65. The van der Waals surface area contributed by atoms with Gasteiger partial charge in [0.2, 0.25) is 0 Å². The van der Waals surface area contributed by atoms with Gasteiger partial charge in [0.1, 0.15) is 0 Å². The van der Waals surface area contributed by atoms with Crippen LogP contribution in [0.4, 0.5) is 0 Å². The van der Waals surface area contributed by atoms with Crippen LogP contribution in [-0.4, -0.2) is 9.55 Å². The second kappa shape index (κ2) is 5.57. The molecule has 1 unspecified atom stereocenters. The zero-order valence-corrected chi connectivity index (χ0v) is 11.4. The largest absolute Gasteiger partial charge is 0.330 e. The zero-order chi connectivity index (χ0) is 13.1. The lowest BCUT2D eigenvalue weighted by molar-refractivity contribution is 0.502. The van der Waals surface area contributed by atoms with Gasteiger partial charge >= 0.3 is 0 Å². The summed E-state index contributed by atoms with van der Waals surface area (Å²) >= 11 is 0. The number of imidazole rings is 1. The molecule has 3 heteroatoms. The quantitative estimate of drug-likeness (QED) is 0.856. The Morgan fingerprint density at radius 3 is 2.79 bits per heavy atom. The Morgan fingerprint density at radius 2 is 2.11 bits per heavy atom. The van der Waals surface area contributed by atoms with Crippen molar-refractivity contribution < 1.29 is 0 Å². The van der Waals surface area contributed by atoms with Crippen LogP contribution in [0, 0.1) is 0 Å². The Hall–Kier alpha value is -1.61. The molecule has 19 heavy (non-hydrogen) atoms. The number of nitrogens with one attached hydrogen (secondary N) is 1. The van der Waals surface area contributed by atoms with Crippen molar-refractivity contribution in [3.8, 4) is 0 Å². The van der Waals surface area contributed by atoms with E-state index in [1.54, 1.807) is 0 Å². The van der Waals surface area contributed by atoms with E-state index in [4.69, 9.17) is 0 Å². The molecule has 1 aromatic heterocycles. The van der Waals surface area contributed by atoms with Gasteiger partial charge in [-0.05, 0) is 24.8 Å². The van der Waals surface area contributed by atoms with Crippen LogP contribution in [0.3, 0.4) is 0 Å². The molecular formula is C16H21N3. The van der Waals surface area contributed by atoms with Gasteiger partial charge in [0, 0.05) is 24.8 Å². The third kappa shape index (κ3) is 2.87. The molecule has 3 rings (SSSR count). The summed E-state index contributed by atoms with van der Waals surface area (Å²) in [4.78, 5) is 4.28. The van der Waals surface area contributed by atoms with Crippen molar-refractivity contribution in [3.05, 3.63) is 54.1 Å². The molecule has 0 aliphatic heterocycles. The predicted molar refractivity (Wildman–Crippen MR) is 76.8 cm³/mol. The fourth-order valence-corrected chi connectivity index (χ4v) is 2.56. The summed E-state index contributed by atoms with van der Waals surface area (Å²) in [6.07, 6.45) is 7.67. The lowest BCUT2D eigenvalue weighted by atomic mass is 10.0. The highest BCUT2D eigenvalue weighted by Crippen LogP contribution is 2.35. The van der Waals surface area contributed by atoms with Gasteiger partial charge in [-0.1, -0.05) is 37.3 Å². The van der Waals surface area contributed by atoms with Crippen LogP contribution in [0.25, 0.3) is 0 Å². The SMILES string of the molecule is CCC(NCc1cncn1C1CC1)c1ccccc1. The van der Waals surface area contributed by atoms with Gasteiger partial charge in [-0.2, -0.15) is 0 Å². The average Bonchev–Trinajstić information content (AvgIpc) is 3.20. The highest BCUT2D eigenvalue weighted by atomic mass is 15.1. The van der Waals surface area contributed by atoms with Crippen LogP contribution in [-0.2, 0) is 6.54 Å². The number of aromatic nitrogens is 2. The Morgan fingerprint density at radius 1 is 1.32 bits per heavy atom. The van der Waals surface area contributed by atoms with Crippen molar-refractivity contribution in [3.63, 3.8) is 0 Å². The van der Waals surface area contributed by atoms with E-state index in [1.165, 1.54) is 24.1 Å². The van der Waals surface area contributed by atoms with Crippen molar-refractivity contribution in [1.29, 1.82) is 0 Å². The van der Waals surface area contributed by atoms with Gasteiger partial charge in [-0.15, -0.1) is 0 Å². The molecule has 1 atom stereocenters. The van der Waals surface area contributed by atoms with Gasteiger partial charge in [0.15, 0.2) is 0 Å². The van der Waals surface area contributed by atoms with Crippen LogP contribution in [0.5, 0.6) is 0 Å². The molecule has 0 bridgehead atoms. The molecule has 1 N–H and O–H groups in total. The van der Waals surface area contributed by atoms with Gasteiger partial charge in [-0.25, -0.2) is 4.98 Å². The Balaban J connectivity index is 1.65. The number of rotatable bonds is 6. The Labute approximate surface area is 114 Å². The number of hydrogen-bond donors (Lipinski definition) is 1. The maximum Gasteiger partial charge on any atom is 0.0951 e. The molecule has 1 saturated carbocycles. The minimum absolute atomic E-state index is 0.420. The first-order chi connectivity index (χ1) is 9.38. The number of benzene rings is 1. The lowest BCUT2D eigenvalue weighted by Crippen LogP contribution is -2.21. The summed E-state index contributed by atoms with van der Waals surface area (Å²) in [6, 6.07) is 11.8. The van der Waals surface area contributed by atoms with Gasteiger partial charge in [-0.3, -0.25) is 0 Å². The third-order valence-electron chi connectivity index (χ3n) is 3.83.